The number of tetrazole rings is 1. The number of nitrogens with one attached hydrogen (secondary N) is 3. The van der Waals surface area contributed by atoms with Crippen molar-refractivity contribution < 1.29 is 22.8 Å². The maximum Gasteiger partial charge on any atom is 0.416 e. The van der Waals surface area contributed by atoms with Gasteiger partial charge >= 0.3 is 12.2 Å². The Morgan fingerprint density at radius 2 is 1.78 bits per heavy atom. The third-order valence-electron chi connectivity index (χ3n) is 4.27. The van der Waals surface area contributed by atoms with E-state index in [-0.39, 0.29) is 18.5 Å². The minimum Gasteiger partial charge on any atom is -0.333 e. The van der Waals surface area contributed by atoms with Crippen LogP contribution >= 0.6 is 0 Å². The Bertz CT molecular complexity index is 1050. The number of urea groups is 1. The average Bonchev–Trinajstić information content (AvgIpc) is 3.25. The Kier molecular flexibility index (Phi) is 7.37. The fourth-order valence-electron chi connectivity index (χ4n) is 2.69. The van der Waals surface area contributed by atoms with Gasteiger partial charge in [-0.1, -0.05) is 42.5 Å². The molecule has 3 aromatic rings. The lowest BCUT2D eigenvalue weighted by molar-refractivity contribution is -0.137. The van der Waals surface area contributed by atoms with E-state index in [0.717, 1.165) is 17.7 Å². The van der Waals surface area contributed by atoms with E-state index in [2.05, 4.69) is 31.6 Å². The Labute approximate surface area is 181 Å². The van der Waals surface area contributed by atoms with Crippen LogP contribution in [-0.4, -0.2) is 32.1 Å². The topological polar surface area (TPSA) is 114 Å². The zero-order chi connectivity index (χ0) is 23.0. The molecule has 2 aromatic carbocycles. The summed E-state index contributed by atoms with van der Waals surface area (Å²) in [5.41, 5.74) is 4.68. The van der Waals surface area contributed by atoms with Crippen molar-refractivity contribution in [2.45, 2.75) is 32.1 Å². The van der Waals surface area contributed by atoms with Gasteiger partial charge in [0.05, 0.1) is 12.1 Å². The van der Waals surface area contributed by atoms with E-state index in [1.807, 2.05) is 30.3 Å². The van der Waals surface area contributed by atoms with Crippen LogP contribution in [0, 0.1) is 0 Å². The van der Waals surface area contributed by atoms with Crippen LogP contribution in [0.3, 0.4) is 0 Å². The van der Waals surface area contributed by atoms with E-state index < -0.39 is 23.7 Å². The highest BCUT2D eigenvalue weighted by Gasteiger charge is 2.30. The third kappa shape index (κ3) is 6.79. The smallest absolute Gasteiger partial charge is 0.333 e. The highest BCUT2D eigenvalue weighted by Crippen LogP contribution is 2.29. The molecule has 0 aliphatic heterocycles. The maximum atomic E-state index is 12.7. The first-order chi connectivity index (χ1) is 15.3. The van der Waals surface area contributed by atoms with Crippen LogP contribution in [0.2, 0.25) is 0 Å². The van der Waals surface area contributed by atoms with Gasteiger partial charge in [-0.05, 0) is 29.3 Å². The van der Waals surface area contributed by atoms with Crippen molar-refractivity contribution >= 4 is 11.9 Å². The van der Waals surface area contributed by atoms with Crippen LogP contribution in [0.5, 0.6) is 0 Å². The Morgan fingerprint density at radius 1 is 1.00 bits per heavy atom. The van der Waals surface area contributed by atoms with E-state index >= 15 is 0 Å². The van der Waals surface area contributed by atoms with Crippen molar-refractivity contribution in [2.75, 3.05) is 0 Å². The predicted octanol–water partition coefficient (Wildman–Crippen LogP) is 2.67. The summed E-state index contributed by atoms with van der Waals surface area (Å²) in [6, 6.07) is 13.2. The van der Waals surface area contributed by atoms with Crippen LogP contribution in [0.1, 0.15) is 24.0 Å². The van der Waals surface area contributed by atoms with E-state index in [1.54, 1.807) is 0 Å². The number of rotatable bonds is 7. The predicted molar refractivity (Wildman–Crippen MR) is 107 cm³/mol. The molecule has 0 unspecified atom stereocenters. The molecule has 32 heavy (non-hydrogen) atoms. The first kappa shape index (κ1) is 22.7. The van der Waals surface area contributed by atoms with Crippen LogP contribution in [-0.2, 0) is 24.1 Å². The van der Waals surface area contributed by atoms with E-state index in [1.165, 1.54) is 16.9 Å². The van der Waals surface area contributed by atoms with Crippen molar-refractivity contribution in [1.29, 1.82) is 0 Å². The van der Waals surface area contributed by atoms with Crippen molar-refractivity contribution in [2.24, 2.45) is 0 Å². The SMILES string of the molecule is O=C(CCCn1nnc(-c2ccccc2)n1)NNC(=O)NCc1cccc(C(F)(F)F)c1. The average molecular weight is 447 g/mol. The van der Waals surface area contributed by atoms with Gasteiger partial charge in [-0.2, -0.15) is 18.0 Å². The first-order valence-corrected chi connectivity index (χ1v) is 9.63. The summed E-state index contributed by atoms with van der Waals surface area (Å²) in [6.45, 7) is 0.225. The highest BCUT2D eigenvalue weighted by molar-refractivity contribution is 5.80. The normalized spacial score (nSPS) is 11.1. The van der Waals surface area contributed by atoms with Gasteiger partial charge in [0.2, 0.25) is 11.7 Å². The number of hydrogen-bond acceptors (Lipinski definition) is 5. The zero-order valence-electron chi connectivity index (χ0n) is 16.8. The molecule has 0 aliphatic carbocycles. The molecule has 0 bridgehead atoms. The molecule has 0 aliphatic rings. The number of hydrazine groups is 1. The fraction of sp³-hybridized carbons (Fsp3) is 0.250. The van der Waals surface area contributed by atoms with Gasteiger partial charge in [0.25, 0.3) is 0 Å². The summed E-state index contributed by atoms with van der Waals surface area (Å²) in [5.74, 6) is 0.0387. The number of aryl methyl sites for hydroxylation is 1. The first-order valence-electron chi connectivity index (χ1n) is 9.63. The molecule has 12 heteroatoms. The molecule has 3 rings (SSSR count). The van der Waals surface area contributed by atoms with Gasteiger partial charge in [0.1, 0.15) is 0 Å². The molecule has 0 fully saturated rings. The molecule has 168 valence electrons. The van der Waals surface area contributed by atoms with E-state index in [9.17, 15) is 22.8 Å². The van der Waals surface area contributed by atoms with Gasteiger partial charge < -0.3 is 5.32 Å². The van der Waals surface area contributed by atoms with Gasteiger partial charge in [0, 0.05) is 18.5 Å². The monoisotopic (exact) mass is 447 g/mol. The number of amides is 3. The van der Waals surface area contributed by atoms with Gasteiger partial charge in [-0.25, -0.2) is 10.2 Å². The number of hydrogen-bond donors (Lipinski definition) is 3. The molecule has 3 amide bonds. The molecule has 3 N–H and O–H groups in total. The second-order valence-corrected chi connectivity index (χ2v) is 6.73. The van der Waals surface area contributed by atoms with Gasteiger partial charge in [0.15, 0.2) is 0 Å². The van der Waals surface area contributed by atoms with Gasteiger partial charge in [-0.15, -0.1) is 10.2 Å². The quantitative estimate of drug-likeness (QED) is 0.482. The summed E-state index contributed by atoms with van der Waals surface area (Å²) in [4.78, 5) is 25.0. The number of alkyl halides is 3. The Morgan fingerprint density at radius 3 is 2.53 bits per heavy atom. The minimum absolute atomic E-state index is 0.0934. The Hall–Kier alpha value is -3.96. The highest BCUT2D eigenvalue weighted by atomic mass is 19.4. The van der Waals surface area contributed by atoms with E-state index in [4.69, 9.17) is 0 Å². The number of benzene rings is 2. The maximum absolute atomic E-state index is 12.7. The number of carbonyl (C=O) groups is 2. The lowest BCUT2D eigenvalue weighted by Crippen LogP contribution is -2.46. The van der Waals surface area contributed by atoms with E-state index in [0.29, 0.717) is 18.8 Å². The Balaban J connectivity index is 1.34. The molecule has 1 aromatic heterocycles. The molecule has 0 atom stereocenters. The number of nitrogens with zero attached hydrogens (tertiary/aromatic N) is 4. The number of halogens is 3. The largest absolute Gasteiger partial charge is 0.416 e. The summed E-state index contributed by atoms with van der Waals surface area (Å²) >= 11 is 0. The molecule has 1 heterocycles. The lowest BCUT2D eigenvalue weighted by atomic mass is 10.1. The van der Waals surface area contributed by atoms with Crippen LogP contribution in [0.25, 0.3) is 11.4 Å². The van der Waals surface area contributed by atoms with Crippen LogP contribution in [0.15, 0.2) is 54.6 Å². The zero-order valence-corrected chi connectivity index (χ0v) is 16.8. The summed E-state index contributed by atoms with van der Waals surface area (Å²) < 4.78 is 38.1. The van der Waals surface area contributed by atoms with Crippen LogP contribution < -0.4 is 16.2 Å². The number of aromatic nitrogens is 4. The number of carbonyl (C=O) groups excluding carboxylic acids is 2. The van der Waals surface area contributed by atoms with Crippen molar-refractivity contribution in [1.82, 2.24) is 36.4 Å². The lowest BCUT2D eigenvalue weighted by Gasteiger charge is -2.11. The van der Waals surface area contributed by atoms with Crippen molar-refractivity contribution in [3.63, 3.8) is 0 Å². The molecule has 0 spiro atoms. The van der Waals surface area contributed by atoms with Crippen LogP contribution in [0.4, 0.5) is 18.0 Å². The second kappa shape index (κ2) is 10.4. The summed E-state index contributed by atoms with van der Waals surface area (Å²) in [6.07, 6.45) is -3.96. The molecule has 0 saturated heterocycles. The molecular formula is C20H20F3N7O2. The van der Waals surface area contributed by atoms with Crippen molar-refractivity contribution in [3.8, 4) is 11.4 Å². The summed E-state index contributed by atoms with van der Waals surface area (Å²) in [7, 11) is 0. The molecule has 9 nitrogen and oxygen atoms in total. The van der Waals surface area contributed by atoms with Crippen molar-refractivity contribution in [3.05, 3.63) is 65.7 Å². The molecular weight excluding hydrogens is 427 g/mol. The molecule has 0 radical (unpaired) electrons. The fourth-order valence-corrected chi connectivity index (χ4v) is 2.69. The minimum atomic E-state index is -4.46. The third-order valence-corrected chi connectivity index (χ3v) is 4.27. The summed E-state index contributed by atoms with van der Waals surface area (Å²) in [5, 5.41) is 14.5. The standard InChI is InChI=1S/C20H20F3N7O2/c21-20(22,23)16-9-4-6-14(12-16)13-24-19(32)27-25-17(31)10-5-11-30-28-18(26-29-30)15-7-2-1-3-8-15/h1-4,6-9,12H,5,10-11,13H2,(H,25,31)(H2,24,27,32). The molecule has 0 saturated carbocycles. The second-order valence-electron chi connectivity index (χ2n) is 6.73. The van der Waals surface area contributed by atoms with Gasteiger partial charge in [-0.3, -0.25) is 10.2 Å².